The molecule has 4 nitrogen and oxygen atoms in total. The Balaban J connectivity index is 2.19. The Morgan fingerprint density at radius 1 is 1.05 bits per heavy atom. The molecule has 0 aliphatic carbocycles. The van der Waals surface area contributed by atoms with E-state index in [9.17, 15) is 0 Å². The predicted octanol–water partition coefficient (Wildman–Crippen LogP) is 3.62. The number of para-hydroxylation sites is 1. The first-order chi connectivity index (χ1) is 9.79. The van der Waals surface area contributed by atoms with Gasteiger partial charge in [-0.2, -0.15) is 0 Å². The van der Waals surface area contributed by atoms with Gasteiger partial charge in [0.05, 0.1) is 7.11 Å². The van der Waals surface area contributed by atoms with Gasteiger partial charge < -0.3 is 15.2 Å². The van der Waals surface area contributed by atoms with E-state index >= 15 is 0 Å². The van der Waals surface area contributed by atoms with Crippen LogP contribution >= 0.6 is 0 Å². The van der Waals surface area contributed by atoms with Gasteiger partial charge in [0.2, 0.25) is 0 Å². The third kappa shape index (κ3) is 2.12. The lowest BCUT2D eigenvalue weighted by atomic mass is 10.1. The molecule has 0 bridgehead atoms. The van der Waals surface area contributed by atoms with E-state index in [-0.39, 0.29) is 0 Å². The standard InChI is InChI=1S/C16H14N2O2/c1-19-13-10-11-6-5-9-18-15(11)16(14(13)17)20-12-7-3-2-4-8-12/h2-10H,17H2,1H3. The first-order valence-electron chi connectivity index (χ1n) is 6.23. The lowest BCUT2D eigenvalue weighted by Crippen LogP contribution is -1.98. The molecule has 1 aromatic heterocycles. The van der Waals surface area contributed by atoms with Gasteiger partial charge in [-0.25, -0.2) is 0 Å². The van der Waals surface area contributed by atoms with Crippen molar-refractivity contribution in [1.29, 1.82) is 0 Å². The van der Waals surface area contributed by atoms with Gasteiger partial charge in [-0.15, -0.1) is 0 Å². The van der Waals surface area contributed by atoms with Crippen molar-refractivity contribution in [1.82, 2.24) is 4.98 Å². The number of anilines is 1. The van der Waals surface area contributed by atoms with Crippen molar-refractivity contribution in [2.75, 3.05) is 12.8 Å². The van der Waals surface area contributed by atoms with Crippen molar-refractivity contribution in [2.45, 2.75) is 0 Å². The Labute approximate surface area is 116 Å². The first kappa shape index (κ1) is 12.3. The molecule has 0 spiro atoms. The smallest absolute Gasteiger partial charge is 0.180 e. The van der Waals surface area contributed by atoms with E-state index in [0.717, 1.165) is 10.9 Å². The average Bonchev–Trinajstić information content (AvgIpc) is 2.51. The summed E-state index contributed by atoms with van der Waals surface area (Å²) >= 11 is 0. The fraction of sp³-hybridized carbons (Fsp3) is 0.0625. The molecule has 3 aromatic rings. The summed E-state index contributed by atoms with van der Waals surface area (Å²) in [7, 11) is 1.58. The van der Waals surface area contributed by atoms with Crippen LogP contribution in [0.5, 0.6) is 17.2 Å². The van der Waals surface area contributed by atoms with Crippen molar-refractivity contribution in [3.05, 3.63) is 54.7 Å². The monoisotopic (exact) mass is 266 g/mol. The lowest BCUT2D eigenvalue weighted by Gasteiger charge is -2.14. The number of nitrogen functional groups attached to an aromatic ring is 1. The van der Waals surface area contributed by atoms with Crippen LogP contribution in [0.1, 0.15) is 0 Å². The summed E-state index contributed by atoms with van der Waals surface area (Å²) in [6, 6.07) is 15.1. The minimum absolute atomic E-state index is 0.447. The first-order valence-corrected chi connectivity index (χ1v) is 6.23. The molecule has 0 unspecified atom stereocenters. The molecule has 2 aromatic carbocycles. The van der Waals surface area contributed by atoms with Crippen molar-refractivity contribution < 1.29 is 9.47 Å². The molecule has 20 heavy (non-hydrogen) atoms. The number of hydrogen-bond acceptors (Lipinski definition) is 4. The maximum atomic E-state index is 6.12. The zero-order chi connectivity index (χ0) is 13.9. The number of hydrogen-bond donors (Lipinski definition) is 1. The molecule has 2 N–H and O–H groups in total. The highest BCUT2D eigenvalue weighted by atomic mass is 16.5. The summed E-state index contributed by atoms with van der Waals surface area (Å²) < 4.78 is 11.2. The Morgan fingerprint density at radius 2 is 1.85 bits per heavy atom. The van der Waals surface area contributed by atoms with Crippen molar-refractivity contribution in [3.8, 4) is 17.2 Å². The Bertz CT molecular complexity index is 742. The van der Waals surface area contributed by atoms with Gasteiger partial charge >= 0.3 is 0 Å². The van der Waals surface area contributed by atoms with Gasteiger partial charge in [0.15, 0.2) is 5.75 Å². The second-order valence-electron chi connectivity index (χ2n) is 4.31. The molecule has 0 saturated heterocycles. The van der Waals surface area contributed by atoms with E-state index < -0.39 is 0 Å². The van der Waals surface area contributed by atoms with E-state index in [0.29, 0.717) is 22.9 Å². The van der Waals surface area contributed by atoms with Crippen LogP contribution in [0.2, 0.25) is 0 Å². The van der Waals surface area contributed by atoms with Crippen LogP contribution in [0.4, 0.5) is 5.69 Å². The maximum Gasteiger partial charge on any atom is 0.180 e. The lowest BCUT2D eigenvalue weighted by molar-refractivity contribution is 0.413. The van der Waals surface area contributed by atoms with E-state index in [4.69, 9.17) is 15.2 Å². The van der Waals surface area contributed by atoms with Crippen LogP contribution in [-0.4, -0.2) is 12.1 Å². The fourth-order valence-corrected chi connectivity index (χ4v) is 2.06. The third-order valence-electron chi connectivity index (χ3n) is 3.03. The molecule has 1 heterocycles. The van der Waals surface area contributed by atoms with Gasteiger partial charge in [-0.3, -0.25) is 4.98 Å². The number of benzene rings is 2. The molecule has 0 aliphatic heterocycles. The van der Waals surface area contributed by atoms with E-state index in [2.05, 4.69) is 4.98 Å². The molecule has 0 radical (unpaired) electrons. The van der Waals surface area contributed by atoms with E-state index in [1.54, 1.807) is 13.3 Å². The maximum absolute atomic E-state index is 6.12. The van der Waals surface area contributed by atoms with Gasteiger partial charge in [0, 0.05) is 11.6 Å². The number of nitrogens with two attached hydrogens (primary N) is 1. The van der Waals surface area contributed by atoms with Crippen molar-refractivity contribution in [3.63, 3.8) is 0 Å². The highest BCUT2D eigenvalue weighted by Crippen LogP contribution is 2.40. The van der Waals surface area contributed by atoms with Crippen molar-refractivity contribution in [2.24, 2.45) is 0 Å². The van der Waals surface area contributed by atoms with E-state index in [1.807, 2.05) is 48.5 Å². The van der Waals surface area contributed by atoms with Gasteiger partial charge in [0.25, 0.3) is 0 Å². The van der Waals surface area contributed by atoms with E-state index in [1.165, 1.54) is 0 Å². The van der Waals surface area contributed by atoms with Crippen LogP contribution < -0.4 is 15.2 Å². The number of pyridine rings is 1. The van der Waals surface area contributed by atoms with Crippen molar-refractivity contribution >= 4 is 16.6 Å². The quantitative estimate of drug-likeness (QED) is 0.736. The highest BCUT2D eigenvalue weighted by molar-refractivity contribution is 5.93. The summed E-state index contributed by atoms with van der Waals surface area (Å²) in [6.45, 7) is 0. The van der Waals surface area contributed by atoms with Crippen LogP contribution in [0.15, 0.2) is 54.7 Å². The molecular weight excluding hydrogens is 252 g/mol. The molecule has 3 rings (SSSR count). The minimum atomic E-state index is 0.447. The summed E-state index contributed by atoms with van der Waals surface area (Å²) in [5.74, 6) is 1.81. The second kappa shape index (κ2) is 5.09. The van der Waals surface area contributed by atoms with Crippen LogP contribution in [0.25, 0.3) is 10.9 Å². The molecular formula is C16H14N2O2. The second-order valence-corrected chi connectivity index (χ2v) is 4.31. The Kier molecular flexibility index (Phi) is 3.13. The van der Waals surface area contributed by atoms with Crippen LogP contribution in [-0.2, 0) is 0 Å². The molecule has 100 valence electrons. The molecule has 0 saturated carbocycles. The summed E-state index contributed by atoms with van der Waals surface area (Å²) in [6.07, 6.45) is 1.71. The highest BCUT2D eigenvalue weighted by Gasteiger charge is 2.14. The SMILES string of the molecule is COc1cc2cccnc2c(Oc2ccccc2)c1N. The predicted molar refractivity (Wildman–Crippen MR) is 79.2 cm³/mol. The molecule has 0 atom stereocenters. The third-order valence-corrected chi connectivity index (χ3v) is 3.03. The average molecular weight is 266 g/mol. The zero-order valence-corrected chi connectivity index (χ0v) is 11.0. The molecule has 0 aliphatic rings. The summed E-state index contributed by atoms with van der Waals surface area (Å²) in [5, 5.41) is 0.921. The van der Waals surface area contributed by atoms with Crippen LogP contribution in [0.3, 0.4) is 0 Å². The fourth-order valence-electron chi connectivity index (χ4n) is 2.06. The molecule has 0 amide bonds. The van der Waals surface area contributed by atoms with Gasteiger partial charge in [0.1, 0.15) is 22.7 Å². The Morgan fingerprint density at radius 3 is 2.60 bits per heavy atom. The number of methoxy groups -OCH3 is 1. The minimum Gasteiger partial charge on any atom is -0.494 e. The Hall–Kier alpha value is -2.75. The summed E-state index contributed by atoms with van der Waals surface area (Å²) in [4.78, 5) is 4.35. The van der Waals surface area contributed by atoms with Gasteiger partial charge in [-0.05, 0) is 24.3 Å². The number of aromatic nitrogens is 1. The number of rotatable bonds is 3. The molecule has 0 fully saturated rings. The number of nitrogens with zero attached hydrogens (tertiary/aromatic N) is 1. The zero-order valence-electron chi connectivity index (χ0n) is 11.0. The normalized spacial score (nSPS) is 10.4. The molecule has 4 heteroatoms. The number of ether oxygens (including phenoxy) is 2. The number of fused-ring (bicyclic) bond motifs is 1. The van der Waals surface area contributed by atoms with Gasteiger partial charge in [-0.1, -0.05) is 24.3 Å². The topological polar surface area (TPSA) is 57.4 Å². The largest absolute Gasteiger partial charge is 0.494 e. The van der Waals surface area contributed by atoms with Crippen LogP contribution in [0, 0.1) is 0 Å². The summed E-state index contributed by atoms with van der Waals surface area (Å²) in [5.41, 5.74) is 7.28.